The first-order valence-electron chi connectivity index (χ1n) is 9.81. The van der Waals surface area contributed by atoms with E-state index in [1.807, 2.05) is 19.3 Å². The van der Waals surface area contributed by atoms with Gasteiger partial charge in [-0.15, -0.1) is 0 Å². The Balaban J connectivity index is 1.35. The first-order valence-corrected chi connectivity index (χ1v) is 9.81. The van der Waals surface area contributed by atoms with Gasteiger partial charge in [0.2, 0.25) is 5.95 Å². The Morgan fingerprint density at radius 2 is 2.11 bits per heavy atom. The van der Waals surface area contributed by atoms with E-state index < -0.39 is 0 Å². The highest BCUT2D eigenvalue weighted by Crippen LogP contribution is 2.26. The summed E-state index contributed by atoms with van der Waals surface area (Å²) in [6.07, 6.45) is 5.62. The molecule has 2 aromatic rings. The molecule has 0 spiro atoms. The summed E-state index contributed by atoms with van der Waals surface area (Å²) in [4.78, 5) is 15.4. The summed E-state index contributed by atoms with van der Waals surface area (Å²) in [5.74, 6) is 3.57. The Kier molecular flexibility index (Phi) is 6.04. The average Bonchev–Trinajstić information content (AvgIpc) is 3.40. The van der Waals surface area contributed by atoms with E-state index in [2.05, 4.69) is 30.5 Å². The van der Waals surface area contributed by atoms with Gasteiger partial charge in [0, 0.05) is 52.6 Å². The van der Waals surface area contributed by atoms with Crippen LogP contribution in [0.4, 0.5) is 11.8 Å². The molecule has 4 heterocycles. The lowest BCUT2D eigenvalue weighted by Gasteiger charge is -2.19. The maximum absolute atomic E-state index is 5.98. The van der Waals surface area contributed by atoms with Crippen LogP contribution in [0.5, 0.6) is 0 Å². The molecule has 2 atom stereocenters. The molecule has 2 aliphatic rings. The smallest absolute Gasteiger partial charge is 0.224 e. The van der Waals surface area contributed by atoms with Gasteiger partial charge in [0.05, 0.1) is 24.9 Å². The molecular formula is C19H28N6O3. The zero-order valence-corrected chi connectivity index (χ0v) is 16.4. The van der Waals surface area contributed by atoms with E-state index in [0.717, 1.165) is 56.6 Å². The summed E-state index contributed by atoms with van der Waals surface area (Å²) in [6.45, 7) is 3.77. The minimum absolute atomic E-state index is 0.0749. The number of hydrogen-bond donors (Lipinski definition) is 2. The molecule has 2 aliphatic heterocycles. The topological polar surface area (TPSA) is 97.6 Å². The van der Waals surface area contributed by atoms with Crippen molar-refractivity contribution in [2.24, 2.45) is 0 Å². The van der Waals surface area contributed by atoms with Crippen LogP contribution in [0, 0.1) is 0 Å². The molecule has 9 nitrogen and oxygen atoms in total. The lowest BCUT2D eigenvalue weighted by molar-refractivity contribution is 0.0788. The second kappa shape index (κ2) is 8.85. The van der Waals surface area contributed by atoms with E-state index in [9.17, 15) is 0 Å². The highest BCUT2D eigenvalue weighted by molar-refractivity contribution is 5.44. The van der Waals surface area contributed by atoms with Crippen LogP contribution < -0.4 is 15.5 Å². The van der Waals surface area contributed by atoms with E-state index >= 15 is 0 Å². The third-order valence-corrected chi connectivity index (χ3v) is 5.44. The molecule has 0 aromatic carbocycles. The quantitative estimate of drug-likeness (QED) is 0.729. The Morgan fingerprint density at radius 1 is 1.25 bits per heavy atom. The summed E-state index contributed by atoms with van der Waals surface area (Å²) in [7, 11) is 3.57. The monoisotopic (exact) mass is 388 g/mol. The van der Waals surface area contributed by atoms with Gasteiger partial charge in [0.25, 0.3) is 0 Å². The van der Waals surface area contributed by atoms with Crippen LogP contribution in [0.1, 0.15) is 30.4 Å². The molecule has 2 aromatic heterocycles. The summed E-state index contributed by atoms with van der Waals surface area (Å²) >= 11 is 0. The van der Waals surface area contributed by atoms with Crippen LogP contribution >= 0.6 is 0 Å². The number of aromatic nitrogens is 3. The summed E-state index contributed by atoms with van der Waals surface area (Å²) in [6, 6.07) is 2.10. The molecule has 2 N–H and O–H groups in total. The molecule has 9 heteroatoms. The Hall–Kier alpha value is -2.23. The molecule has 0 aliphatic carbocycles. The highest BCUT2D eigenvalue weighted by Gasteiger charge is 2.33. The third-order valence-electron chi connectivity index (χ3n) is 5.44. The fourth-order valence-corrected chi connectivity index (χ4v) is 3.81. The fourth-order valence-electron chi connectivity index (χ4n) is 3.81. The van der Waals surface area contributed by atoms with Crippen LogP contribution in [0.25, 0.3) is 0 Å². The predicted molar refractivity (Wildman–Crippen MR) is 105 cm³/mol. The zero-order chi connectivity index (χ0) is 19.3. The van der Waals surface area contributed by atoms with Gasteiger partial charge in [0.15, 0.2) is 5.89 Å². The van der Waals surface area contributed by atoms with E-state index in [1.165, 1.54) is 0 Å². The molecule has 4 rings (SSSR count). The van der Waals surface area contributed by atoms with Gasteiger partial charge in [0.1, 0.15) is 11.6 Å². The number of ether oxygens (including phenoxy) is 2. The van der Waals surface area contributed by atoms with Crippen molar-refractivity contribution in [2.75, 3.05) is 50.7 Å². The predicted octanol–water partition coefficient (Wildman–Crippen LogP) is 1.39. The molecule has 2 fully saturated rings. The fraction of sp³-hybridized carbons (Fsp3) is 0.632. The second-order valence-electron chi connectivity index (χ2n) is 7.21. The maximum atomic E-state index is 5.98. The van der Waals surface area contributed by atoms with Crippen LogP contribution in [0.3, 0.4) is 0 Å². The van der Waals surface area contributed by atoms with E-state index in [-0.39, 0.29) is 12.1 Å². The minimum Gasteiger partial charge on any atom is -0.444 e. The maximum Gasteiger partial charge on any atom is 0.224 e. The Labute approximate surface area is 164 Å². The molecule has 0 bridgehead atoms. The summed E-state index contributed by atoms with van der Waals surface area (Å²) in [5.41, 5.74) is 0. The van der Waals surface area contributed by atoms with Crippen molar-refractivity contribution in [3.63, 3.8) is 0 Å². The van der Waals surface area contributed by atoms with Gasteiger partial charge in [-0.2, -0.15) is 4.98 Å². The Morgan fingerprint density at radius 3 is 2.89 bits per heavy atom. The zero-order valence-electron chi connectivity index (χ0n) is 16.4. The van der Waals surface area contributed by atoms with Crippen LogP contribution in [-0.2, 0) is 16.0 Å². The second-order valence-corrected chi connectivity index (χ2v) is 7.21. The molecule has 0 radical (unpaired) electrons. The van der Waals surface area contributed by atoms with Gasteiger partial charge in [-0.1, -0.05) is 0 Å². The summed E-state index contributed by atoms with van der Waals surface area (Å²) < 4.78 is 17.1. The third kappa shape index (κ3) is 4.26. The van der Waals surface area contributed by atoms with Crippen LogP contribution in [0.15, 0.2) is 22.9 Å². The molecular weight excluding hydrogens is 360 g/mol. The number of hydrogen-bond acceptors (Lipinski definition) is 9. The number of methoxy groups -OCH3 is 1. The molecule has 152 valence electrons. The molecule has 2 saturated heterocycles. The van der Waals surface area contributed by atoms with Crippen molar-refractivity contribution in [3.05, 3.63) is 30.1 Å². The molecule has 0 saturated carbocycles. The number of rotatable bonds is 7. The summed E-state index contributed by atoms with van der Waals surface area (Å²) in [5, 5.41) is 6.54. The van der Waals surface area contributed by atoms with Gasteiger partial charge in [-0.05, 0) is 18.9 Å². The van der Waals surface area contributed by atoms with Crippen molar-refractivity contribution in [1.82, 2.24) is 20.3 Å². The average molecular weight is 388 g/mol. The first-order chi connectivity index (χ1) is 13.8. The number of nitrogens with one attached hydrogen (secondary N) is 2. The van der Waals surface area contributed by atoms with Crippen LogP contribution in [-0.4, -0.2) is 67.6 Å². The lowest BCUT2D eigenvalue weighted by atomic mass is 10.0. The SMILES string of the molecule is CNc1nccc(N2C[C@H](OC)[C@H](NCc3cnc(C4CCOCC4)o3)C2)n1. The first kappa shape index (κ1) is 19.1. The van der Waals surface area contributed by atoms with E-state index in [4.69, 9.17) is 13.9 Å². The highest BCUT2D eigenvalue weighted by atomic mass is 16.5. The Bertz CT molecular complexity index is 764. The number of oxazole rings is 1. The van der Waals surface area contributed by atoms with E-state index in [0.29, 0.717) is 18.4 Å². The van der Waals surface area contributed by atoms with Gasteiger partial charge in [-0.25, -0.2) is 9.97 Å². The standard InChI is InChI=1S/C19H28N6O3/c1-20-19-21-6-3-17(24-19)25-11-15(16(12-25)26-2)22-9-14-10-23-18(28-14)13-4-7-27-8-5-13/h3,6,10,13,15-16,22H,4-5,7-9,11-12H2,1-2H3,(H,20,21,24)/t15-,16+/m1/s1. The lowest BCUT2D eigenvalue weighted by Crippen LogP contribution is -2.39. The number of nitrogens with zero attached hydrogens (tertiary/aromatic N) is 4. The van der Waals surface area contributed by atoms with Crippen molar-refractivity contribution >= 4 is 11.8 Å². The van der Waals surface area contributed by atoms with Crippen molar-refractivity contribution in [2.45, 2.75) is 37.5 Å². The van der Waals surface area contributed by atoms with Gasteiger partial charge in [-0.3, -0.25) is 0 Å². The van der Waals surface area contributed by atoms with Crippen molar-refractivity contribution in [1.29, 1.82) is 0 Å². The van der Waals surface area contributed by atoms with Crippen molar-refractivity contribution in [3.8, 4) is 0 Å². The van der Waals surface area contributed by atoms with Crippen LogP contribution in [0.2, 0.25) is 0 Å². The largest absolute Gasteiger partial charge is 0.444 e. The van der Waals surface area contributed by atoms with Gasteiger partial charge < -0.3 is 29.4 Å². The molecule has 0 unspecified atom stereocenters. The van der Waals surface area contributed by atoms with E-state index in [1.54, 1.807) is 13.3 Å². The van der Waals surface area contributed by atoms with Crippen molar-refractivity contribution < 1.29 is 13.9 Å². The minimum atomic E-state index is 0.0749. The molecule has 28 heavy (non-hydrogen) atoms. The molecule has 0 amide bonds. The number of anilines is 2. The normalized spacial score (nSPS) is 23.3. The van der Waals surface area contributed by atoms with Gasteiger partial charge >= 0.3 is 0 Å².